The van der Waals surface area contributed by atoms with E-state index in [1.807, 2.05) is 12.1 Å². The number of aromatic nitrogens is 1. The number of guanidine groups is 1. The zero-order chi connectivity index (χ0) is 18.1. The lowest BCUT2D eigenvalue weighted by atomic mass is 10.0. The van der Waals surface area contributed by atoms with Crippen LogP contribution in [0.25, 0.3) is 0 Å². The molecule has 0 amide bonds. The number of rotatable bonds is 7. The smallest absolute Gasteiger partial charge is 0.191 e. The van der Waals surface area contributed by atoms with Gasteiger partial charge in [-0.2, -0.15) is 0 Å². The van der Waals surface area contributed by atoms with E-state index in [4.69, 9.17) is 0 Å². The maximum absolute atomic E-state index is 10.3. The monoisotopic (exact) mass is 475 g/mol. The summed E-state index contributed by atoms with van der Waals surface area (Å²) in [6.45, 7) is 11.2. The molecule has 3 N–H and O–H groups in total. The van der Waals surface area contributed by atoms with E-state index in [2.05, 4.69) is 46.3 Å². The number of aliphatic imine (C=N–C) groups is 1. The standard InChI is InChI=1S/C19H33N5O.HI/c1-4-21-19(22-13-18(25)16-5-9-20-10-6-16)23-17-7-11-24(12-8-17)14-15(2)3;/h5-6,9-10,15,17-18,25H,4,7-8,11-14H2,1-3H3,(H2,21,22,23);1H. The molecule has 1 aliphatic rings. The maximum atomic E-state index is 10.3. The normalized spacial score (nSPS) is 17.7. The van der Waals surface area contributed by atoms with E-state index in [1.54, 1.807) is 12.4 Å². The molecular formula is C19H34IN5O. The summed E-state index contributed by atoms with van der Waals surface area (Å²) in [5.41, 5.74) is 0.844. The van der Waals surface area contributed by atoms with E-state index in [1.165, 1.54) is 6.54 Å². The van der Waals surface area contributed by atoms with Crippen molar-refractivity contribution in [3.63, 3.8) is 0 Å². The van der Waals surface area contributed by atoms with Crippen molar-refractivity contribution in [1.82, 2.24) is 20.5 Å². The molecule has 1 aliphatic heterocycles. The first-order valence-electron chi connectivity index (χ1n) is 9.43. The van der Waals surface area contributed by atoms with Crippen molar-refractivity contribution in [2.75, 3.05) is 32.7 Å². The quantitative estimate of drug-likeness (QED) is 0.321. The molecule has 1 atom stereocenters. The molecule has 1 unspecified atom stereocenters. The van der Waals surface area contributed by atoms with E-state index in [0.717, 1.165) is 49.9 Å². The summed E-state index contributed by atoms with van der Waals surface area (Å²) >= 11 is 0. The minimum Gasteiger partial charge on any atom is -0.386 e. The van der Waals surface area contributed by atoms with E-state index < -0.39 is 6.10 Å². The largest absolute Gasteiger partial charge is 0.386 e. The van der Waals surface area contributed by atoms with Gasteiger partial charge in [0.2, 0.25) is 0 Å². The minimum atomic E-state index is -0.605. The fraction of sp³-hybridized carbons (Fsp3) is 0.684. The van der Waals surface area contributed by atoms with Crippen molar-refractivity contribution in [2.45, 2.75) is 45.8 Å². The summed E-state index contributed by atoms with van der Waals surface area (Å²) in [5.74, 6) is 1.51. The van der Waals surface area contributed by atoms with Gasteiger partial charge >= 0.3 is 0 Å². The van der Waals surface area contributed by atoms with Crippen LogP contribution in [-0.2, 0) is 0 Å². The average molecular weight is 475 g/mol. The van der Waals surface area contributed by atoms with Crippen LogP contribution in [0.3, 0.4) is 0 Å². The van der Waals surface area contributed by atoms with Crippen LogP contribution in [0, 0.1) is 5.92 Å². The SMILES string of the molecule is CCNC(=NCC(O)c1ccncc1)NC1CCN(CC(C)C)CC1.I. The molecule has 0 spiro atoms. The van der Waals surface area contributed by atoms with Gasteiger partial charge in [-0.05, 0) is 43.4 Å². The molecule has 0 saturated carbocycles. The van der Waals surface area contributed by atoms with Gasteiger partial charge in [0.25, 0.3) is 0 Å². The van der Waals surface area contributed by atoms with Gasteiger partial charge in [-0.1, -0.05) is 13.8 Å². The van der Waals surface area contributed by atoms with Crippen LogP contribution in [0.2, 0.25) is 0 Å². The van der Waals surface area contributed by atoms with Crippen LogP contribution in [0.5, 0.6) is 0 Å². The predicted molar refractivity (Wildman–Crippen MR) is 118 cm³/mol. The first kappa shape index (κ1) is 23.1. The Hall–Kier alpha value is -0.930. The van der Waals surface area contributed by atoms with E-state index in [9.17, 15) is 5.11 Å². The van der Waals surface area contributed by atoms with E-state index in [-0.39, 0.29) is 24.0 Å². The summed E-state index contributed by atoms with van der Waals surface area (Å²) in [6.07, 6.45) is 5.04. The second-order valence-corrected chi connectivity index (χ2v) is 7.13. The van der Waals surface area contributed by atoms with Gasteiger partial charge in [-0.15, -0.1) is 24.0 Å². The third-order valence-electron chi connectivity index (χ3n) is 4.41. The van der Waals surface area contributed by atoms with Gasteiger partial charge in [-0.25, -0.2) is 0 Å². The first-order chi connectivity index (χ1) is 12.1. The Labute approximate surface area is 174 Å². The highest BCUT2D eigenvalue weighted by Crippen LogP contribution is 2.13. The molecule has 2 rings (SSSR count). The van der Waals surface area contributed by atoms with Crippen LogP contribution >= 0.6 is 24.0 Å². The predicted octanol–water partition coefficient (Wildman–Crippen LogP) is 2.41. The van der Waals surface area contributed by atoms with Gasteiger partial charge in [-0.3, -0.25) is 9.98 Å². The lowest BCUT2D eigenvalue weighted by Gasteiger charge is -2.34. The highest BCUT2D eigenvalue weighted by Gasteiger charge is 2.20. The number of halogens is 1. The number of hydrogen-bond donors (Lipinski definition) is 3. The summed E-state index contributed by atoms with van der Waals surface area (Å²) in [7, 11) is 0. The second-order valence-electron chi connectivity index (χ2n) is 7.13. The van der Waals surface area contributed by atoms with Crippen molar-refractivity contribution in [2.24, 2.45) is 10.9 Å². The van der Waals surface area contributed by atoms with Crippen LogP contribution in [0.1, 0.15) is 45.3 Å². The Morgan fingerprint density at radius 2 is 1.96 bits per heavy atom. The van der Waals surface area contributed by atoms with Crippen LogP contribution in [0.4, 0.5) is 0 Å². The Balaban J connectivity index is 0.00000338. The second kappa shape index (κ2) is 12.5. The number of likely N-dealkylation sites (tertiary alicyclic amines) is 1. The topological polar surface area (TPSA) is 72.8 Å². The number of aliphatic hydroxyl groups is 1. The Bertz CT molecular complexity index is 518. The number of nitrogens with zero attached hydrogens (tertiary/aromatic N) is 3. The minimum absolute atomic E-state index is 0. The number of nitrogens with one attached hydrogen (secondary N) is 2. The van der Waals surface area contributed by atoms with Crippen molar-refractivity contribution in [3.8, 4) is 0 Å². The summed E-state index contributed by atoms with van der Waals surface area (Å²) in [5, 5.41) is 17.1. The molecule has 0 radical (unpaired) electrons. The fourth-order valence-corrected chi connectivity index (χ4v) is 3.16. The number of pyridine rings is 1. The van der Waals surface area contributed by atoms with Crippen molar-refractivity contribution >= 4 is 29.9 Å². The molecule has 6 nitrogen and oxygen atoms in total. The molecule has 0 bridgehead atoms. The summed E-state index contributed by atoms with van der Waals surface area (Å²) < 4.78 is 0. The van der Waals surface area contributed by atoms with Crippen LogP contribution in [0.15, 0.2) is 29.5 Å². The van der Waals surface area contributed by atoms with E-state index in [0.29, 0.717) is 12.6 Å². The zero-order valence-corrected chi connectivity index (χ0v) is 18.5. The molecule has 1 saturated heterocycles. The summed E-state index contributed by atoms with van der Waals surface area (Å²) in [4.78, 5) is 11.1. The van der Waals surface area contributed by atoms with Gasteiger partial charge in [0.15, 0.2) is 5.96 Å². The van der Waals surface area contributed by atoms with Crippen molar-refractivity contribution < 1.29 is 5.11 Å². The Morgan fingerprint density at radius 3 is 2.54 bits per heavy atom. The molecule has 148 valence electrons. The molecule has 0 aromatic carbocycles. The highest BCUT2D eigenvalue weighted by atomic mass is 127. The molecule has 2 heterocycles. The number of aliphatic hydroxyl groups excluding tert-OH is 1. The zero-order valence-electron chi connectivity index (χ0n) is 16.2. The third-order valence-corrected chi connectivity index (χ3v) is 4.41. The molecule has 1 aromatic heterocycles. The van der Waals surface area contributed by atoms with E-state index >= 15 is 0 Å². The van der Waals surface area contributed by atoms with Gasteiger partial charge in [0.05, 0.1) is 12.6 Å². The fourth-order valence-electron chi connectivity index (χ4n) is 3.16. The molecule has 26 heavy (non-hydrogen) atoms. The van der Waals surface area contributed by atoms with Gasteiger partial charge in [0.1, 0.15) is 0 Å². The average Bonchev–Trinajstić information content (AvgIpc) is 2.61. The van der Waals surface area contributed by atoms with Gasteiger partial charge < -0.3 is 20.6 Å². The van der Waals surface area contributed by atoms with Gasteiger partial charge in [0, 0.05) is 44.6 Å². The Kier molecular flexibility index (Phi) is 11.1. The molecule has 7 heteroatoms. The van der Waals surface area contributed by atoms with Crippen LogP contribution in [-0.4, -0.2) is 59.7 Å². The third kappa shape index (κ3) is 8.18. The molecule has 0 aliphatic carbocycles. The van der Waals surface area contributed by atoms with Crippen LogP contribution < -0.4 is 10.6 Å². The van der Waals surface area contributed by atoms with Crippen molar-refractivity contribution in [1.29, 1.82) is 0 Å². The number of piperidine rings is 1. The molecule has 1 fully saturated rings. The highest BCUT2D eigenvalue weighted by molar-refractivity contribution is 14.0. The number of hydrogen-bond acceptors (Lipinski definition) is 4. The Morgan fingerprint density at radius 1 is 1.31 bits per heavy atom. The lowest BCUT2D eigenvalue weighted by molar-refractivity contribution is 0.184. The molecular weight excluding hydrogens is 441 g/mol. The summed E-state index contributed by atoms with van der Waals surface area (Å²) in [6, 6.07) is 4.09. The maximum Gasteiger partial charge on any atom is 0.191 e. The first-order valence-corrected chi connectivity index (χ1v) is 9.43. The molecule has 1 aromatic rings. The lowest BCUT2D eigenvalue weighted by Crippen LogP contribution is -2.49. The van der Waals surface area contributed by atoms with Crippen molar-refractivity contribution in [3.05, 3.63) is 30.1 Å².